The first-order chi connectivity index (χ1) is 5.81. The third kappa shape index (κ3) is 1.49. The molecule has 1 aromatic carbocycles. The van der Waals surface area contributed by atoms with Crippen LogP contribution in [0.15, 0.2) is 18.2 Å². The lowest BCUT2D eigenvalue weighted by atomic mass is 10.2. The molecule has 0 amide bonds. The van der Waals surface area contributed by atoms with E-state index in [4.69, 9.17) is 5.73 Å². The van der Waals surface area contributed by atoms with Crippen molar-refractivity contribution in [3.05, 3.63) is 34.2 Å². The van der Waals surface area contributed by atoms with Crippen molar-refractivity contribution in [2.75, 3.05) is 0 Å². The standard InChI is InChI=1S/C9H7NO2/c10-4-7-1-2-8(5-11)9(3-7)6-12/h1-3H,4,10H2. The molecule has 0 heterocycles. The van der Waals surface area contributed by atoms with Crippen LogP contribution in [0, 0.1) is 0 Å². The van der Waals surface area contributed by atoms with Crippen LogP contribution in [0.3, 0.4) is 0 Å². The summed E-state index contributed by atoms with van der Waals surface area (Å²) in [6.45, 7) is 0.341. The van der Waals surface area contributed by atoms with Gasteiger partial charge in [-0.1, -0.05) is 6.07 Å². The second-order valence-corrected chi connectivity index (χ2v) is 2.29. The molecule has 0 spiro atoms. The minimum absolute atomic E-state index is 0.216. The molecule has 12 heavy (non-hydrogen) atoms. The Balaban J connectivity index is 3.64. The van der Waals surface area contributed by atoms with Gasteiger partial charge in [-0.25, -0.2) is 9.59 Å². The summed E-state index contributed by atoms with van der Waals surface area (Å²) in [4.78, 5) is 20.6. The van der Waals surface area contributed by atoms with Crippen molar-refractivity contribution in [1.82, 2.24) is 0 Å². The Hall–Kier alpha value is -1.66. The molecular formula is C9H7NO2. The van der Waals surface area contributed by atoms with Crippen LogP contribution in [-0.2, 0) is 16.1 Å². The molecule has 0 atom stereocenters. The van der Waals surface area contributed by atoms with Gasteiger partial charge < -0.3 is 5.73 Å². The fourth-order valence-electron chi connectivity index (χ4n) is 0.892. The molecule has 0 fully saturated rings. The molecule has 0 aliphatic heterocycles. The third-order valence-electron chi connectivity index (χ3n) is 1.54. The zero-order chi connectivity index (χ0) is 8.97. The maximum absolute atomic E-state index is 10.3. The molecule has 2 N–H and O–H groups in total. The average molecular weight is 161 g/mol. The lowest BCUT2D eigenvalue weighted by Gasteiger charge is -1.91. The average Bonchev–Trinajstić information content (AvgIpc) is 2.16. The second kappa shape index (κ2) is 3.65. The van der Waals surface area contributed by atoms with Gasteiger partial charge in [0.05, 0.1) is 10.4 Å². The van der Waals surface area contributed by atoms with Crippen LogP contribution < -0.4 is 16.2 Å². The first-order valence-electron chi connectivity index (χ1n) is 3.41. The van der Waals surface area contributed by atoms with Gasteiger partial charge in [0, 0.05) is 6.54 Å². The van der Waals surface area contributed by atoms with Gasteiger partial charge in [-0.2, -0.15) is 0 Å². The van der Waals surface area contributed by atoms with Gasteiger partial charge in [0.25, 0.3) is 0 Å². The minimum atomic E-state index is 0.216. The molecule has 0 aromatic heterocycles. The number of carbonyl (C=O) groups excluding carboxylic acids is 2. The molecule has 1 rings (SSSR count). The van der Waals surface area contributed by atoms with Gasteiger partial charge in [0.2, 0.25) is 0 Å². The summed E-state index contributed by atoms with van der Waals surface area (Å²) in [6.07, 6.45) is 0. The summed E-state index contributed by atoms with van der Waals surface area (Å²) in [7, 11) is 0. The zero-order valence-electron chi connectivity index (χ0n) is 6.33. The highest BCUT2D eigenvalue weighted by Crippen LogP contribution is 1.86. The van der Waals surface area contributed by atoms with Crippen LogP contribution in [0.4, 0.5) is 0 Å². The van der Waals surface area contributed by atoms with Crippen LogP contribution in [0.2, 0.25) is 0 Å². The Morgan fingerprint density at radius 3 is 2.33 bits per heavy atom. The van der Waals surface area contributed by atoms with Crippen molar-refractivity contribution in [3.63, 3.8) is 0 Å². The molecule has 0 saturated carbocycles. The molecule has 0 saturated heterocycles. The van der Waals surface area contributed by atoms with Gasteiger partial charge in [0.15, 0.2) is 0 Å². The molecule has 0 aliphatic carbocycles. The maximum atomic E-state index is 10.3. The van der Waals surface area contributed by atoms with Gasteiger partial charge >= 0.3 is 0 Å². The summed E-state index contributed by atoms with van der Waals surface area (Å²) in [5, 5.41) is 0.440. The smallest absolute Gasteiger partial charge is 0.133 e. The quantitative estimate of drug-likeness (QED) is 0.526. The second-order valence-electron chi connectivity index (χ2n) is 2.29. The van der Waals surface area contributed by atoms with E-state index in [0.717, 1.165) is 5.56 Å². The van der Waals surface area contributed by atoms with E-state index >= 15 is 0 Å². The van der Waals surface area contributed by atoms with E-state index in [1.807, 2.05) is 0 Å². The number of benzene rings is 1. The van der Waals surface area contributed by atoms with Crippen molar-refractivity contribution in [1.29, 1.82) is 0 Å². The summed E-state index contributed by atoms with van der Waals surface area (Å²) in [6, 6.07) is 4.73. The van der Waals surface area contributed by atoms with E-state index in [-0.39, 0.29) is 10.4 Å². The molecule has 3 heteroatoms. The minimum Gasteiger partial charge on any atom is -0.326 e. The summed E-state index contributed by atoms with van der Waals surface area (Å²) in [5.41, 5.74) is 6.14. The van der Waals surface area contributed by atoms with Crippen LogP contribution in [0.25, 0.3) is 0 Å². The van der Waals surface area contributed by atoms with Crippen molar-refractivity contribution in [3.8, 4) is 0 Å². The summed E-state index contributed by atoms with van der Waals surface area (Å²) in [5.74, 6) is 3.30. The molecule has 3 nitrogen and oxygen atoms in total. The number of hydrogen-bond donors (Lipinski definition) is 1. The Kier molecular flexibility index (Phi) is 2.57. The molecular weight excluding hydrogens is 154 g/mol. The van der Waals surface area contributed by atoms with E-state index in [9.17, 15) is 9.59 Å². The van der Waals surface area contributed by atoms with Gasteiger partial charge in [0.1, 0.15) is 11.9 Å². The maximum Gasteiger partial charge on any atom is 0.133 e. The van der Waals surface area contributed by atoms with Gasteiger partial charge in [-0.15, -0.1) is 0 Å². The van der Waals surface area contributed by atoms with Gasteiger partial charge in [-0.3, -0.25) is 0 Å². The van der Waals surface area contributed by atoms with E-state index in [2.05, 4.69) is 0 Å². The van der Waals surface area contributed by atoms with Crippen molar-refractivity contribution >= 4 is 11.9 Å². The SMILES string of the molecule is NCc1ccc(=C=O)c(=C=O)c1. The van der Waals surface area contributed by atoms with Crippen LogP contribution in [0.5, 0.6) is 0 Å². The molecule has 0 aliphatic rings. The largest absolute Gasteiger partial charge is 0.326 e. The van der Waals surface area contributed by atoms with Crippen molar-refractivity contribution in [2.45, 2.75) is 6.54 Å². The van der Waals surface area contributed by atoms with E-state index in [1.165, 1.54) is 12.1 Å². The Bertz CT molecular complexity index is 440. The Labute approximate surface area is 68.8 Å². The van der Waals surface area contributed by atoms with E-state index in [1.54, 1.807) is 17.9 Å². The van der Waals surface area contributed by atoms with E-state index in [0.29, 0.717) is 6.54 Å². The lowest BCUT2D eigenvalue weighted by Crippen LogP contribution is -2.27. The molecule has 0 bridgehead atoms. The highest BCUT2D eigenvalue weighted by atomic mass is 16.1. The van der Waals surface area contributed by atoms with Crippen molar-refractivity contribution in [2.24, 2.45) is 5.73 Å². The highest BCUT2D eigenvalue weighted by Gasteiger charge is 1.90. The predicted molar refractivity (Wildman–Crippen MR) is 43.2 cm³/mol. The third-order valence-corrected chi connectivity index (χ3v) is 1.54. The first kappa shape index (κ1) is 8.44. The predicted octanol–water partition coefficient (Wildman–Crippen LogP) is -1.85. The van der Waals surface area contributed by atoms with Crippen LogP contribution in [-0.4, -0.2) is 11.9 Å². The monoisotopic (exact) mass is 161 g/mol. The summed E-state index contributed by atoms with van der Waals surface area (Å²) >= 11 is 0. The zero-order valence-corrected chi connectivity index (χ0v) is 6.33. The fraction of sp³-hybridized carbons (Fsp3) is 0.111. The number of nitrogens with two attached hydrogens (primary N) is 1. The Morgan fingerprint density at radius 2 is 1.83 bits per heavy atom. The molecule has 1 aromatic rings. The van der Waals surface area contributed by atoms with Crippen LogP contribution >= 0.6 is 0 Å². The molecule has 0 unspecified atom stereocenters. The molecule has 0 radical (unpaired) electrons. The van der Waals surface area contributed by atoms with Crippen molar-refractivity contribution < 1.29 is 9.59 Å². The highest BCUT2D eigenvalue weighted by molar-refractivity contribution is 5.54. The fourth-order valence-corrected chi connectivity index (χ4v) is 0.892. The Morgan fingerprint density at radius 1 is 1.17 bits per heavy atom. The topological polar surface area (TPSA) is 60.2 Å². The first-order valence-corrected chi connectivity index (χ1v) is 3.41. The van der Waals surface area contributed by atoms with Gasteiger partial charge in [-0.05, 0) is 17.7 Å². The van der Waals surface area contributed by atoms with E-state index < -0.39 is 0 Å². The number of rotatable bonds is 1. The number of hydrogen-bond acceptors (Lipinski definition) is 3. The summed E-state index contributed by atoms with van der Waals surface area (Å²) < 4.78 is 0. The molecule has 60 valence electrons. The lowest BCUT2D eigenvalue weighted by molar-refractivity contribution is 0.564. The van der Waals surface area contributed by atoms with Crippen LogP contribution in [0.1, 0.15) is 5.56 Å². The normalized spacial score (nSPS) is 8.75.